The van der Waals surface area contributed by atoms with Crippen LogP contribution in [0.25, 0.3) is 0 Å². The van der Waals surface area contributed by atoms with E-state index in [4.69, 9.17) is 10.5 Å². The van der Waals surface area contributed by atoms with Crippen molar-refractivity contribution in [3.05, 3.63) is 29.8 Å². The first-order valence-corrected chi connectivity index (χ1v) is 13.4. The number of ether oxygens (including phenoxy) is 1. The normalized spacial score (nSPS) is 15.7. The summed E-state index contributed by atoms with van der Waals surface area (Å²) < 4.78 is 6.29. The second-order valence-electron chi connectivity index (χ2n) is 9.05. The summed E-state index contributed by atoms with van der Waals surface area (Å²) in [5.74, 6) is 1.02. The molecule has 1 aromatic rings. The first-order valence-electron chi connectivity index (χ1n) is 13.4. The average molecular weight is 463 g/mol. The molecule has 0 bridgehead atoms. The standard InChI is InChI=1S/C26H50N6O/c27-13-14-28-15-16-29-17-18-30-19-20-31-21-22-32-23-24-9-11-26(12-10-24)33-25-7-5-3-1-2-4-6-8-25/h9-12,25,28-32H,1-8,13-23,27H2. The Hall–Kier alpha value is -1.22. The summed E-state index contributed by atoms with van der Waals surface area (Å²) in [7, 11) is 0. The zero-order chi connectivity index (χ0) is 23.2. The summed E-state index contributed by atoms with van der Waals surface area (Å²) in [5, 5.41) is 17.1. The van der Waals surface area contributed by atoms with E-state index in [9.17, 15) is 0 Å². The lowest BCUT2D eigenvalue weighted by Crippen LogP contribution is -2.36. The van der Waals surface area contributed by atoms with Crippen molar-refractivity contribution in [2.75, 3.05) is 65.4 Å². The molecule has 7 N–H and O–H groups in total. The molecule has 0 unspecified atom stereocenters. The Morgan fingerprint density at radius 2 is 1.06 bits per heavy atom. The van der Waals surface area contributed by atoms with E-state index >= 15 is 0 Å². The van der Waals surface area contributed by atoms with Crippen LogP contribution in [0.2, 0.25) is 0 Å². The second kappa shape index (κ2) is 20.2. The van der Waals surface area contributed by atoms with Crippen molar-refractivity contribution in [2.24, 2.45) is 5.73 Å². The van der Waals surface area contributed by atoms with Crippen LogP contribution in [0.15, 0.2) is 24.3 Å². The van der Waals surface area contributed by atoms with Gasteiger partial charge >= 0.3 is 0 Å². The Kier molecular flexibility index (Phi) is 17.1. The monoisotopic (exact) mass is 462 g/mol. The molecular weight excluding hydrogens is 412 g/mol. The van der Waals surface area contributed by atoms with E-state index in [0.717, 1.165) is 71.2 Å². The zero-order valence-corrected chi connectivity index (χ0v) is 20.8. The van der Waals surface area contributed by atoms with Gasteiger partial charge < -0.3 is 37.1 Å². The summed E-state index contributed by atoms with van der Waals surface area (Å²) in [4.78, 5) is 0. The van der Waals surface area contributed by atoms with Crippen molar-refractivity contribution in [3.8, 4) is 5.75 Å². The van der Waals surface area contributed by atoms with Crippen LogP contribution in [0.5, 0.6) is 5.75 Å². The quantitative estimate of drug-likeness (QED) is 0.186. The SMILES string of the molecule is NCCNCCNCCNCCNCCNCc1ccc(OC2CCCCCCCC2)cc1. The highest BCUT2D eigenvalue weighted by atomic mass is 16.5. The summed E-state index contributed by atoms with van der Waals surface area (Å²) in [6, 6.07) is 8.66. The first kappa shape index (κ1) is 28.0. The highest BCUT2D eigenvalue weighted by molar-refractivity contribution is 5.27. The van der Waals surface area contributed by atoms with E-state index in [1.807, 2.05) is 0 Å². The van der Waals surface area contributed by atoms with E-state index in [1.165, 1.54) is 56.9 Å². The van der Waals surface area contributed by atoms with Crippen LogP contribution in [-0.4, -0.2) is 71.6 Å². The fraction of sp³-hybridized carbons (Fsp3) is 0.769. The van der Waals surface area contributed by atoms with Crippen LogP contribution in [0.3, 0.4) is 0 Å². The van der Waals surface area contributed by atoms with E-state index in [0.29, 0.717) is 12.6 Å². The zero-order valence-electron chi connectivity index (χ0n) is 20.8. The molecular formula is C26H50N6O. The van der Waals surface area contributed by atoms with E-state index < -0.39 is 0 Å². The Bertz CT molecular complexity index is 546. The molecule has 1 saturated carbocycles. The largest absolute Gasteiger partial charge is 0.490 e. The van der Waals surface area contributed by atoms with Crippen molar-refractivity contribution in [2.45, 2.75) is 64.0 Å². The molecule has 0 spiro atoms. The highest BCUT2D eigenvalue weighted by Gasteiger charge is 2.12. The molecule has 7 nitrogen and oxygen atoms in total. The van der Waals surface area contributed by atoms with Gasteiger partial charge in [-0.25, -0.2) is 0 Å². The lowest BCUT2D eigenvalue weighted by atomic mass is 10.1. The van der Waals surface area contributed by atoms with Crippen LogP contribution >= 0.6 is 0 Å². The number of benzene rings is 1. The fourth-order valence-corrected chi connectivity index (χ4v) is 4.13. The minimum atomic E-state index is 0.396. The number of nitrogens with one attached hydrogen (secondary N) is 5. The number of hydrogen-bond donors (Lipinski definition) is 6. The Morgan fingerprint density at radius 1 is 0.606 bits per heavy atom. The van der Waals surface area contributed by atoms with Gasteiger partial charge in [0, 0.05) is 72.0 Å². The van der Waals surface area contributed by atoms with Gasteiger partial charge in [-0.2, -0.15) is 0 Å². The van der Waals surface area contributed by atoms with E-state index in [2.05, 4.69) is 50.8 Å². The number of rotatable bonds is 18. The van der Waals surface area contributed by atoms with Crippen molar-refractivity contribution < 1.29 is 4.74 Å². The van der Waals surface area contributed by atoms with Crippen molar-refractivity contribution in [3.63, 3.8) is 0 Å². The Morgan fingerprint density at radius 3 is 1.58 bits per heavy atom. The fourth-order valence-electron chi connectivity index (χ4n) is 4.13. The van der Waals surface area contributed by atoms with Crippen molar-refractivity contribution >= 4 is 0 Å². The summed E-state index contributed by atoms with van der Waals surface area (Å²) in [6.07, 6.45) is 10.9. The molecule has 1 fully saturated rings. The van der Waals surface area contributed by atoms with Crippen molar-refractivity contribution in [1.29, 1.82) is 0 Å². The molecule has 1 aliphatic carbocycles. The van der Waals surface area contributed by atoms with E-state index in [-0.39, 0.29) is 0 Å². The maximum Gasteiger partial charge on any atom is 0.119 e. The Labute approximate surface area is 202 Å². The molecule has 0 atom stereocenters. The topological polar surface area (TPSA) is 95.4 Å². The van der Waals surface area contributed by atoms with Crippen LogP contribution in [0, 0.1) is 0 Å². The van der Waals surface area contributed by atoms with Crippen LogP contribution < -0.4 is 37.1 Å². The van der Waals surface area contributed by atoms with Gasteiger partial charge in [-0.3, -0.25) is 0 Å². The molecule has 0 amide bonds. The molecule has 33 heavy (non-hydrogen) atoms. The average Bonchev–Trinajstić information content (AvgIpc) is 2.96. The van der Waals surface area contributed by atoms with Gasteiger partial charge in [0.2, 0.25) is 0 Å². The van der Waals surface area contributed by atoms with Gasteiger partial charge in [0.1, 0.15) is 5.75 Å². The molecule has 1 aliphatic rings. The molecule has 1 aromatic carbocycles. The molecule has 0 aliphatic heterocycles. The van der Waals surface area contributed by atoms with Gasteiger partial charge in [0.25, 0.3) is 0 Å². The molecule has 2 rings (SSSR count). The molecule has 190 valence electrons. The third-order valence-electron chi connectivity index (χ3n) is 6.09. The summed E-state index contributed by atoms with van der Waals surface area (Å²) >= 11 is 0. The lowest BCUT2D eigenvalue weighted by molar-refractivity contribution is 0.176. The maximum atomic E-state index is 6.29. The van der Waals surface area contributed by atoms with Crippen molar-refractivity contribution in [1.82, 2.24) is 26.6 Å². The van der Waals surface area contributed by atoms with Gasteiger partial charge in [-0.15, -0.1) is 0 Å². The highest BCUT2D eigenvalue weighted by Crippen LogP contribution is 2.22. The van der Waals surface area contributed by atoms with Gasteiger partial charge in [-0.1, -0.05) is 37.8 Å². The third kappa shape index (κ3) is 15.3. The predicted octanol–water partition coefficient (Wildman–Crippen LogP) is 1.98. The third-order valence-corrected chi connectivity index (χ3v) is 6.09. The maximum absolute atomic E-state index is 6.29. The lowest BCUT2D eigenvalue weighted by Gasteiger charge is -2.18. The molecule has 0 saturated heterocycles. The van der Waals surface area contributed by atoms with Gasteiger partial charge in [-0.05, 0) is 43.4 Å². The minimum Gasteiger partial charge on any atom is -0.490 e. The van der Waals surface area contributed by atoms with Gasteiger partial charge in [0.15, 0.2) is 0 Å². The number of hydrogen-bond acceptors (Lipinski definition) is 7. The van der Waals surface area contributed by atoms with Crippen LogP contribution in [0.4, 0.5) is 0 Å². The predicted molar refractivity (Wildman–Crippen MR) is 140 cm³/mol. The summed E-state index contributed by atoms with van der Waals surface area (Å²) in [5.41, 5.74) is 6.75. The molecule has 0 radical (unpaired) electrons. The molecule has 7 heteroatoms. The van der Waals surface area contributed by atoms with Crippen LogP contribution in [0.1, 0.15) is 56.9 Å². The van der Waals surface area contributed by atoms with Gasteiger partial charge in [0.05, 0.1) is 6.10 Å². The number of nitrogens with two attached hydrogens (primary N) is 1. The first-order chi connectivity index (χ1) is 16.4. The van der Waals surface area contributed by atoms with Crippen LogP contribution in [-0.2, 0) is 6.54 Å². The molecule has 0 aromatic heterocycles. The Balaban J connectivity index is 1.41. The van der Waals surface area contributed by atoms with E-state index in [1.54, 1.807) is 0 Å². The second-order valence-corrected chi connectivity index (χ2v) is 9.05. The molecule has 0 heterocycles. The minimum absolute atomic E-state index is 0.396. The smallest absolute Gasteiger partial charge is 0.119 e. The summed E-state index contributed by atoms with van der Waals surface area (Å²) in [6.45, 7) is 10.4.